The van der Waals surface area contributed by atoms with Gasteiger partial charge in [0.25, 0.3) is 5.91 Å². The van der Waals surface area contributed by atoms with E-state index in [1.807, 2.05) is 0 Å². The van der Waals surface area contributed by atoms with E-state index in [0.29, 0.717) is 10.6 Å². The number of hydrazine groups is 1. The second-order valence-corrected chi connectivity index (χ2v) is 5.66. The molecule has 108 valence electrons. The van der Waals surface area contributed by atoms with Gasteiger partial charge in [-0.2, -0.15) is 0 Å². The SMILES string of the molecule is O=C(Cc1ccc(Cl)cc1)NNC(=O)c1ccc(Br)cc1. The fraction of sp³-hybridized carbons (Fsp3) is 0.0667. The summed E-state index contributed by atoms with van der Waals surface area (Å²) in [5, 5.41) is 0.614. The lowest BCUT2D eigenvalue weighted by Crippen LogP contribution is -2.42. The van der Waals surface area contributed by atoms with E-state index in [1.165, 1.54) is 0 Å². The van der Waals surface area contributed by atoms with Gasteiger partial charge < -0.3 is 0 Å². The van der Waals surface area contributed by atoms with Crippen LogP contribution in [-0.2, 0) is 11.2 Å². The van der Waals surface area contributed by atoms with Gasteiger partial charge in [0.1, 0.15) is 0 Å². The summed E-state index contributed by atoms with van der Waals surface area (Å²) in [6.07, 6.45) is 0.164. The second-order valence-electron chi connectivity index (χ2n) is 4.31. The average Bonchev–Trinajstić information content (AvgIpc) is 2.48. The molecule has 2 amide bonds. The van der Waals surface area contributed by atoms with Crippen LogP contribution in [0.2, 0.25) is 5.02 Å². The zero-order chi connectivity index (χ0) is 15.2. The molecule has 2 N–H and O–H groups in total. The maximum Gasteiger partial charge on any atom is 0.269 e. The highest BCUT2D eigenvalue weighted by Gasteiger charge is 2.07. The summed E-state index contributed by atoms with van der Waals surface area (Å²) in [5.41, 5.74) is 6.02. The Labute approximate surface area is 135 Å². The molecule has 0 fully saturated rings. The lowest BCUT2D eigenvalue weighted by atomic mass is 10.1. The lowest BCUT2D eigenvalue weighted by Gasteiger charge is -2.07. The summed E-state index contributed by atoms with van der Waals surface area (Å²) in [4.78, 5) is 23.5. The average molecular weight is 368 g/mol. The van der Waals surface area contributed by atoms with Crippen molar-refractivity contribution in [3.8, 4) is 0 Å². The number of amides is 2. The number of hydrogen-bond donors (Lipinski definition) is 2. The molecule has 0 aliphatic heterocycles. The first kappa shape index (κ1) is 15.5. The van der Waals surface area contributed by atoms with Crippen molar-refractivity contribution in [2.24, 2.45) is 0 Å². The van der Waals surface area contributed by atoms with Crippen LogP contribution in [-0.4, -0.2) is 11.8 Å². The molecule has 0 spiro atoms. The number of rotatable bonds is 3. The highest BCUT2D eigenvalue weighted by molar-refractivity contribution is 9.10. The van der Waals surface area contributed by atoms with Crippen molar-refractivity contribution in [3.63, 3.8) is 0 Å². The summed E-state index contributed by atoms with van der Waals surface area (Å²) >= 11 is 9.06. The van der Waals surface area contributed by atoms with Crippen molar-refractivity contribution in [2.75, 3.05) is 0 Å². The van der Waals surface area contributed by atoms with Gasteiger partial charge in [0.05, 0.1) is 6.42 Å². The molecule has 0 heterocycles. The van der Waals surface area contributed by atoms with Crippen LogP contribution < -0.4 is 10.9 Å². The van der Waals surface area contributed by atoms with Crippen LogP contribution in [0, 0.1) is 0 Å². The monoisotopic (exact) mass is 366 g/mol. The maximum absolute atomic E-state index is 11.8. The topological polar surface area (TPSA) is 58.2 Å². The second kappa shape index (κ2) is 7.24. The molecule has 0 atom stereocenters. The van der Waals surface area contributed by atoms with E-state index in [4.69, 9.17) is 11.6 Å². The predicted molar refractivity (Wildman–Crippen MR) is 84.9 cm³/mol. The Balaban J connectivity index is 1.84. The molecule has 0 saturated heterocycles. The Bertz CT molecular complexity index is 642. The minimum atomic E-state index is -0.369. The smallest absolute Gasteiger partial charge is 0.269 e. The van der Waals surface area contributed by atoms with Gasteiger partial charge in [0.2, 0.25) is 5.91 Å². The van der Waals surface area contributed by atoms with Gasteiger partial charge in [-0.1, -0.05) is 39.7 Å². The first-order valence-corrected chi connectivity index (χ1v) is 7.31. The Kier molecular flexibility index (Phi) is 5.36. The van der Waals surface area contributed by atoms with E-state index in [-0.39, 0.29) is 18.2 Å². The number of hydrogen-bond acceptors (Lipinski definition) is 2. The quantitative estimate of drug-likeness (QED) is 0.819. The summed E-state index contributed by atoms with van der Waals surface area (Å²) in [7, 11) is 0. The van der Waals surface area contributed by atoms with Gasteiger partial charge in [-0.05, 0) is 42.0 Å². The van der Waals surface area contributed by atoms with Crippen molar-refractivity contribution in [2.45, 2.75) is 6.42 Å². The molecular weight excluding hydrogens is 356 g/mol. The van der Waals surface area contributed by atoms with Gasteiger partial charge in [-0.25, -0.2) is 0 Å². The largest absolute Gasteiger partial charge is 0.273 e. The highest BCUT2D eigenvalue weighted by Crippen LogP contribution is 2.11. The Morgan fingerprint density at radius 3 is 2.19 bits per heavy atom. The van der Waals surface area contributed by atoms with Crippen LogP contribution in [0.3, 0.4) is 0 Å². The van der Waals surface area contributed by atoms with Crippen molar-refractivity contribution in [1.29, 1.82) is 0 Å². The molecule has 2 aromatic rings. The third-order valence-electron chi connectivity index (χ3n) is 2.70. The minimum absolute atomic E-state index is 0.164. The lowest BCUT2D eigenvalue weighted by molar-refractivity contribution is -0.121. The normalized spacial score (nSPS) is 10.0. The zero-order valence-electron chi connectivity index (χ0n) is 10.9. The third kappa shape index (κ3) is 4.88. The van der Waals surface area contributed by atoms with Crippen LogP contribution >= 0.6 is 27.5 Å². The minimum Gasteiger partial charge on any atom is -0.273 e. The number of carbonyl (C=O) groups is 2. The van der Waals surface area contributed by atoms with E-state index in [9.17, 15) is 9.59 Å². The molecule has 0 aliphatic rings. The Morgan fingerprint density at radius 2 is 1.57 bits per heavy atom. The van der Waals surface area contributed by atoms with E-state index < -0.39 is 0 Å². The fourth-order valence-electron chi connectivity index (χ4n) is 1.63. The van der Waals surface area contributed by atoms with Crippen LogP contribution in [0.15, 0.2) is 53.0 Å². The predicted octanol–water partition coefficient (Wildman–Crippen LogP) is 3.11. The van der Waals surface area contributed by atoms with E-state index >= 15 is 0 Å². The molecule has 2 aromatic carbocycles. The summed E-state index contributed by atoms with van der Waals surface area (Å²) in [5.74, 6) is -0.672. The zero-order valence-corrected chi connectivity index (χ0v) is 13.2. The van der Waals surface area contributed by atoms with E-state index in [0.717, 1.165) is 10.0 Å². The van der Waals surface area contributed by atoms with Crippen LogP contribution in [0.1, 0.15) is 15.9 Å². The van der Waals surface area contributed by atoms with E-state index in [1.54, 1.807) is 48.5 Å². The Hall–Kier alpha value is -1.85. The number of halogens is 2. The molecule has 2 rings (SSSR count). The van der Waals surface area contributed by atoms with Gasteiger partial charge in [0.15, 0.2) is 0 Å². The number of benzene rings is 2. The molecule has 0 unspecified atom stereocenters. The molecule has 0 aliphatic carbocycles. The van der Waals surface area contributed by atoms with Crippen LogP contribution in [0.25, 0.3) is 0 Å². The fourth-order valence-corrected chi connectivity index (χ4v) is 2.02. The van der Waals surface area contributed by atoms with Crippen LogP contribution in [0.4, 0.5) is 0 Å². The standard InChI is InChI=1S/C15H12BrClN2O2/c16-12-5-3-11(4-6-12)15(21)19-18-14(20)9-10-1-7-13(17)8-2-10/h1-8H,9H2,(H,18,20)(H,19,21). The molecule has 0 bridgehead atoms. The van der Waals surface area contributed by atoms with Gasteiger partial charge in [-0.15, -0.1) is 0 Å². The third-order valence-corrected chi connectivity index (χ3v) is 3.48. The van der Waals surface area contributed by atoms with Gasteiger partial charge >= 0.3 is 0 Å². The molecular formula is C15H12BrClN2O2. The molecule has 0 aromatic heterocycles. The van der Waals surface area contributed by atoms with Crippen molar-refractivity contribution < 1.29 is 9.59 Å². The summed E-state index contributed by atoms with van der Waals surface area (Å²) in [6.45, 7) is 0. The summed E-state index contributed by atoms with van der Waals surface area (Å²) < 4.78 is 0.880. The summed E-state index contributed by atoms with van der Waals surface area (Å²) in [6, 6.07) is 13.8. The highest BCUT2D eigenvalue weighted by atomic mass is 79.9. The maximum atomic E-state index is 11.8. The van der Waals surface area contributed by atoms with Gasteiger partial charge in [0, 0.05) is 15.1 Å². The Morgan fingerprint density at radius 1 is 0.952 bits per heavy atom. The van der Waals surface area contributed by atoms with Gasteiger partial charge in [-0.3, -0.25) is 20.4 Å². The van der Waals surface area contributed by atoms with Crippen molar-refractivity contribution in [1.82, 2.24) is 10.9 Å². The van der Waals surface area contributed by atoms with Crippen LogP contribution in [0.5, 0.6) is 0 Å². The number of carbonyl (C=O) groups excluding carboxylic acids is 2. The first-order chi connectivity index (χ1) is 10.0. The molecule has 6 heteroatoms. The first-order valence-electron chi connectivity index (χ1n) is 6.14. The molecule has 0 saturated carbocycles. The molecule has 21 heavy (non-hydrogen) atoms. The van der Waals surface area contributed by atoms with E-state index in [2.05, 4.69) is 26.8 Å². The molecule has 4 nitrogen and oxygen atoms in total. The molecule has 0 radical (unpaired) electrons. The number of nitrogens with one attached hydrogen (secondary N) is 2. The van der Waals surface area contributed by atoms with Crippen molar-refractivity contribution in [3.05, 3.63) is 69.2 Å². The van der Waals surface area contributed by atoms with Crippen molar-refractivity contribution >= 4 is 39.3 Å².